The highest BCUT2D eigenvalue weighted by Gasteiger charge is 2.27. The van der Waals surface area contributed by atoms with Gasteiger partial charge in [-0.3, -0.25) is 9.78 Å². The van der Waals surface area contributed by atoms with Crippen LogP contribution in [0.2, 0.25) is 0 Å². The molecule has 0 saturated heterocycles. The zero-order valence-corrected chi connectivity index (χ0v) is 11.9. The number of anilines is 1. The molecular formula is C15H23N3O. The van der Waals surface area contributed by atoms with Crippen LogP contribution < -0.4 is 11.1 Å². The summed E-state index contributed by atoms with van der Waals surface area (Å²) in [5.41, 5.74) is 7.54. The number of carbonyl (C=O) groups is 1. The van der Waals surface area contributed by atoms with Crippen molar-refractivity contribution in [2.45, 2.75) is 46.1 Å². The molecule has 4 nitrogen and oxygen atoms in total. The average molecular weight is 261 g/mol. The predicted molar refractivity (Wildman–Crippen MR) is 76.8 cm³/mol. The number of hydrogen-bond donors (Lipinski definition) is 2. The number of aryl methyl sites for hydroxylation is 1. The van der Waals surface area contributed by atoms with Gasteiger partial charge >= 0.3 is 0 Å². The molecule has 0 aromatic carbocycles. The molecule has 1 heterocycles. The first-order valence-electron chi connectivity index (χ1n) is 7.00. The second-order valence-corrected chi connectivity index (χ2v) is 5.88. The van der Waals surface area contributed by atoms with Crippen LogP contribution in [0.15, 0.2) is 12.3 Å². The molecule has 0 radical (unpaired) electrons. The predicted octanol–water partition coefficient (Wildman–Crippen LogP) is 2.53. The van der Waals surface area contributed by atoms with Crippen LogP contribution in [0.25, 0.3) is 0 Å². The number of nitrogens with one attached hydrogen (secondary N) is 1. The number of nitrogens with two attached hydrogens (primary N) is 1. The molecule has 1 amide bonds. The van der Waals surface area contributed by atoms with Crippen LogP contribution in [0.1, 0.15) is 49.2 Å². The lowest BCUT2D eigenvalue weighted by atomic mass is 9.80. The van der Waals surface area contributed by atoms with Gasteiger partial charge in [-0.15, -0.1) is 0 Å². The summed E-state index contributed by atoms with van der Waals surface area (Å²) < 4.78 is 0. The molecule has 1 fully saturated rings. The molecule has 0 bridgehead atoms. The Hall–Kier alpha value is -1.58. The minimum atomic E-state index is -0.0521. The summed E-state index contributed by atoms with van der Waals surface area (Å²) in [6.07, 6.45) is 5.00. The summed E-state index contributed by atoms with van der Waals surface area (Å²) in [7, 11) is 0. The molecule has 3 N–H and O–H groups in total. The van der Waals surface area contributed by atoms with E-state index < -0.39 is 0 Å². The summed E-state index contributed by atoms with van der Waals surface area (Å²) in [6, 6.07) is 1.97. The van der Waals surface area contributed by atoms with Crippen LogP contribution in [-0.2, 0) is 0 Å². The van der Waals surface area contributed by atoms with Gasteiger partial charge in [-0.05, 0) is 44.1 Å². The fourth-order valence-corrected chi connectivity index (χ4v) is 2.91. The largest absolute Gasteiger partial charge is 0.397 e. The highest BCUT2D eigenvalue weighted by molar-refractivity contribution is 5.96. The Kier molecular flexibility index (Phi) is 4.08. The van der Waals surface area contributed by atoms with Gasteiger partial charge in [0, 0.05) is 6.04 Å². The molecule has 4 heteroatoms. The van der Waals surface area contributed by atoms with E-state index in [0.29, 0.717) is 17.2 Å². The highest BCUT2D eigenvalue weighted by Crippen LogP contribution is 2.28. The van der Waals surface area contributed by atoms with Gasteiger partial charge in [0.1, 0.15) is 0 Å². The molecule has 2 rings (SSSR count). The maximum atomic E-state index is 12.3. The van der Waals surface area contributed by atoms with Crippen molar-refractivity contribution in [2.75, 3.05) is 5.73 Å². The number of nitrogens with zero attached hydrogens (tertiary/aromatic N) is 1. The third kappa shape index (κ3) is 3.25. The van der Waals surface area contributed by atoms with E-state index >= 15 is 0 Å². The Labute approximate surface area is 114 Å². The molecule has 1 aromatic rings. The fraction of sp³-hybridized carbons (Fsp3) is 0.600. The Balaban J connectivity index is 2.06. The van der Waals surface area contributed by atoms with Gasteiger partial charge in [-0.25, -0.2) is 0 Å². The lowest BCUT2D eigenvalue weighted by Gasteiger charge is -2.33. The van der Waals surface area contributed by atoms with Gasteiger partial charge in [0.25, 0.3) is 5.91 Å². The molecule has 104 valence electrons. The van der Waals surface area contributed by atoms with Gasteiger partial charge < -0.3 is 11.1 Å². The highest BCUT2D eigenvalue weighted by atomic mass is 16.1. The normalized spacial score (nSPS) is 27.0. The maximum Gasteiger partial charge on any atom is 0.253 e. The van der Waals surface area contributed by atoms with Crippen molar-refractivity contribution in [3.05, 3.63) is 23.5 Å². The van der Waals surface area contributed by atoms with Crippen molar-refractivity contribution in [2.24, 2.45) is 11.8 Å². The van der Waals surface area contributed by atoms with E-state index in [2.05, 4.69) is 24.1 Å². The summed E-state index contributed by atoms with van der Waals surface area (Å²) >= 11 is 0. The Morgan fingerprint density at radius 2 is 2.16 bits per heavy atom. The summed E-state index contributed by atoms with van der Waals surface area (Å²) in [4.78, 5) is 16.4. The van der Waals surface area contributed by atoms with Crippen molar-refractivity contribution < 1.29 is 4.79 Å². The fourth-order valence-electron chi connectivity index (χ4n) is 2.91. The number of hydrogen-bond acceptors (Lipinski definition) is 3. The summed E-state index contributed by atoms with van der Waals surface area (Å²) in [5, 5.41) is 3.14. The molecule has 1 saturated carbocycles. The molecule has 3 atom stereocenters. The molecule has 1 aliphatic carbocycles. The van der Waals surface area contributed by atoms with E-state index in [0.717, 1.165) is 18.0 Å². The number of amides is 1. The second kappa shape index (κ2) is 5.59. The van der Waals surface area contributed by atoms with Crippen molar-refractivity contribution in [3.8, 4) is 0 Å². The minimum absolute atomic E-state index is 0.0521. The molecule has 19 heavy (non-hydrogen) atoms. The molecule has 0 spiro atoms. The lowest BCUT2D eigenvalue weighted by molar-refractivity contribution is 0.0898. The smallest absolute Gasteiger partial charge is 0.253 e. The van der Waals surface area contributed by atoms with E-state index in [4.69, 9.17) is 5.73 Å². The monoisotopic (exact) mass is 261 g/mol. The Morgan fingerprint density at radius 3 is 2.84 bits per heavy atom. The summed E-state index contributed by atoms with van der Waals surface area (Å²) in [5.74, 6) is 1.24. The van der Waals surface area contributed by atoms with Crippen LogP contribution in [-0.4, -0.2) is 16.9 Å². The number of carbonyl (C=O) groups excluding carboxylic acids is 1. The van der Waals surface area contributed by atoms with Crippen LogP contribution in [0.4, 0.5) is 5.69 Å². The number of aromatic nitrogens is 1. The zero-order valence-electron chi connectivity index (χ0n) is 11.9. The van der Waals surface area contributed by atoms with E-state index in [1.807, 2.05) is 6.92 Å². The standard InChI is InChI=1S/C15H23N3O/c1-9-4-5-14(10(2)6-9)18-15(19)13-7-12(16)8-17-11(13)3/h7-10,14H,4-6,16H2,1-3H3,(H,18,19). The van der Waals surface area contributed by atoms with Gasteiger partial charge in [-0.2, -0.15) is 0 Å². The van der Waals surface area contributed by atoms with E-state index in [-0.39, 0.29) is 11.9 Å². The average Bonchev–Trinajstić information content (AvgIpc) is 2.35. The van der Waals surface area contributed by atoms with Crippen molar-refractivity contribution in [3.63, 3.8) is 0 Å². The first-order chi connectivity index (χ1) is 8.97. The summed E-state index contributed by atoms with van der Waals surface area (Å²) in [6.45, 7) is 6.33. The third-order valence-corrected chi connectivity index (χ3v) is 4.10. The van der Waals surface area contributed by atoms with Crippen LogP contribution in [0, 0.1) is 18.8 Å². The SMILES string of the molecule is Cc1ncc(N)cc1C(=O)NC1CCC(C)CC1C. The molecule has 1 aromatic heterocycles. The van der Waals surface area contributed by atoms with E-state index in [9.17, 15) is 4.79 Å². The number of pyridine rings is 1. The zero-order chi connectivity index (χ0) is 14.0. The second-order valence-electron chi connectivity index (χ2n) is 5.88. The topological polar surface area (TPSA) is 68.0 Å². The Morgan fingerprint density at radius 1 is 1.42 bits per heavy atom. The molecule has 0 aliphatic heterocycles. The van der Waals surface area contributed by atoms with Crippen molar-refractivity contribution in [1.82, 2.24) is 10.3 Å². The minimum Gasteiger partial charge on any atom is -0.397 e. The molecule has 1 aliphatic rings. The third-order valence-electron chi connectivity index (χ3n) is 4.10. The first-order valence-corrected chi connectivity index (χ1v) is 7.00. The van der Waals surface area contributed by atoms with Crippen molar-refractivity contribution >= 4 is 11.6 Å². The van der Waals surface area contributed by atoms with Gasteiger partial charge in [0.05, 0.1) is 23.1 Å². The van der Waals surface area contributed by atoms with Gasteiger partial charge in [0.15, 0.2) is 0 Å². The maximum absolute atomic E-state index is 12.3. The van der Waals surface area contributed by atoms with Gasteiger partial charge in [0.2, 0.25) is 0 Å². The quantitative estimate of drug-likeness (QED) is 0.859. The van der Waals surface area contributed by atoms with Gasteiger partial charge in [-0.1, -0.05) is 13.8 Å². The number of nitrogen functional groups attached to an aromatic ring is 1. The number of rotatable bonds is 2. The lowest BCUT2D eigenvalue weighted by Crippen LogP contribution is -2.42. The van der Waals surface area contributed by atoms with Crippen LogP contribution in [0.5, 0.6) is 0 Å². The van der Waals surface area contributed by atoms with Crippen LogP contribution in [0.3, 0.4) is 0 Å². The van der Waals surface area contributed by atoms with Crippen molar-refractivity contribution in [1.29, 1.82) is 0 Å². The molecular weight excluding hydrogens is 238 g/mol. The Bertz CT molecular complexity index is 472. The van der Waals surface area contributed by atoms with E-state index in [1.165, 1.54) is 12.8 Å². The van der Waals surface area contributed by atoms with Crippen LogP contribution >= 0.6 is 0 Å². The first kappa shape index (κ1) is 13.8. The molecule has 3 unspecified atom stereocenters. The van der Waals surface area contributed by atoms with E-state index in [1.54, 1.807) is 12.3 Å².